The van der Waals surface area contributed by atoms with Gasteiger partial charge in [0.15, 0.2) is 11.6 Å². The van der Waals surface area contributed by atoms with Crippen molar-refractivity contribution in [3.8, 4) is 17.0 Å². The van der Waals surface area contributed by atoms with Gasteiger partial charge in [0.2, 0.25) is 0 Å². The number of benzene rings is 1. The van der Waals surface area contributed by atoms with E-state index in [-0.39, 0.29) is 30.5 Å². The summed E-state index contributed by atoms with van der Waals surface area (Å²) in [6, 6.07) is 9.75. The van der Waals surface area contributed by atoms with E-state index in [1.54, 1.807) is 38.2 Å². The van der Waals surface area contributed by atoms with Crippen LogP contribution < -0.4 is 4.74 Å². The first-order chi connectivity index (χ1) is 14.8. The van der Waals surface area contributed by atoms with E-state index in [0.29, 0.717) is 28.1 Å². The Hall–Kier alpha value is -3.68. The highest BCUT2D eigenvalue weighted by atomic mass is 19.1. The Morgan fingerprint density at radius 2 is 1.97 bits per heavy atom. The van der Waals surface area contributed by atoms with Crippen LogP contribution in [0.25, 0.3) is 22.4 Å². The minimum atomic E-state index is -0.442. The largest absolute Gasteiger partial charge is 0.489 e. The highest BCUT2D eigenvalue weighted by Crippen LogP contribution is 2.31. The Balaban J connectivity index is 1.61. The summed E-state index contributed by atoms with van der Waals surface area (Å²) >= 11 is 0. The van der Waals surface area contributed by atoms with Crippen molar-refractivity contribution < 1.29 is 22.9 Å². The van der Waals surface area contributed by atoms with E-state index in [1.165, 1.54) is 11.0 Å². The number of pyridine rings is 1. The van der Waals surface area contributed by atoms with Crippen LogP contribution in [0.2, 0.25) is 0 Å². The van der Waals surface area contributed by atoms with E-state index >= 15 is 0 Å². The van der Waals surface area contributed by atoms with Crippen molar-refractivity contribution in [2.45, 2.75) is 20.8 Å². The molecule has 4 rings (SSSR count). The minimum absolute atomic E-state index is 0.146. The van der Waals surface area contributed by atoms with Crippen molar-refractivity contribution >= 4 is 17.0 Å². The van der Waals surface area contributed by atoms with Gasteiger partial charge < -0.3 is 18.6 Å². The molecule has 0 aliphatic carbocycles. The fourth-order valence-corrected chi connectivity index (χ4v) is 3.45. The molecule has 3 heterocycles. The first kappa shape index (κ1) is 20.6. The minimum Gasteiger partial charge on any atom is -0.489 e. The predicted octanol–water partition coefficient (Wildman–Crippen LogP) is 4.70. The average molecular weight is 423 g/mol. The van der Waals surface area contributed by atoms with Gasteiger partial charge in [-0.15, -0.1) is 0 Å². The molecule has 0 bridgehead atoms. The van der Waals surface area contributed by atoms with Gasteiger partial charge in [-0.05, 0) is 45.0 Å². The fourth-order valence-electron chi connectivity index (χ4n) is 3.45. The number of fused-ring (bicyclic) bond motifs is 1. The summed E-state index contributed by atoms with van der Waals surface area (Å²) in [6.45, 7) is 5.86. The number of hydrogen-bond acceptors (Lipinski definition) is 6. The number of hydrogen-bond donors (Lipinski definition) is 0. The molecular formula is C23H22FN3O4. The lowest BCUT2D eigenvalue weighted by atomic mass is 10.0. The molecule has 0 spiro atoms. The van der Waals surface area contributed by atoms with Crippen LogP contribution in [-0.2, 0) is 0 Å². The lowest BCUT2D eigenvalue weighted by Gasteiger charge is -2.18. The number of aromatic nitrogens is 2. The molecule has 1 amide bonds. The van der Waals surface area contributed by atoms with Gasteiger partial charge in [0.05, 0.1) is 28.9 Å². The van der Waals surface area contributed by atoms with Gasteiger partial charge in [-0.2, -0.15) is 0 Å². The lowest BCUT2D eigenvalue weighted by Crippen LogP contribution is -2.31. The van der Waals surface area contributed by atoms with Crippen LogP contribution >= 0.6 is 0 Å². The fraction of sp³-hybridized carbons (Fsp3) is 0.261. The average Bonchev–Trinajstić information content (AvgIpc) is 3.29. The summed E-state index contributed by atoms with van der Waals surface area (Å²) in [6.07, 6.45) is 0. The number of aryl methyl sites for hydroxylation is 3. The molecule has 0 aliphatic heterocycles. The van der Waals surface area contributed by atoms with Crippen LogP contribution in [0.15, 0.2) is 45.3 Å². The van der Waals surface area contributed by atoms with E-state index in [1.807, 2.05) is 19.9 Å². The third-order valence-corrected chi connectivity index (χ3v) is 5.03. The standard InChI is InChI=1S/C23H22FN3O4/c1-13-11-16(15(3)30-13)19-12-17(21-14(2)26-31-22(21)25-19)23(28)27(4)9-10-29-20-8-6-5-7-18(20)24/h5-8,11-12H,9-10H2,1-4H3. The zero-order chi connectivity index (χ0) is 22.1. The molecular weight excluding hydrogens is 401 g/mol. The molecule has 0 aliphatic rings. The molecule has 3 aromatic heterocycles. The van der Waals surface area contributed by atoms with E-state index in [0.717, 1.165) is 11.3 Å². The van der Waals surface area contributed by atoms with Crippen LogP contribution in [0.1, 0.15) is 27.6 Å². The molecule has 4 aromatic rings. The summed E-state index contributed by atoms with van der Waals surface area (Å²) in [7, 11) is 1.66. The Bertz CT molecular complexity index is 1260. The van der Waals surface area contributed by atoms with Crippen molar-refractivity contribution in [2.75, 3.05) is 20.2 Å². The van der Waals surface area contributed by atoms with Gasteiger partial charge >= 0.3 is 0 Å². The van der Waals surface area contributed by atoms with Crippen LogP contribution in [0.5, 0.6) is 5.75 Å². The molecule has 8 heteroatoms. The maximum absolute atomic E-state index is 13.7. The van der Waals surface area contributed by atoms with Crippen LogP contribution in [0, 0.1) is 26.6 Å². The zero-order valence-electron chi connectivity index (χ0n) is 17.7. The van der Waals surface area contributed by atoms with Crippen molar-refractivity contribution in [1.82, 2.24) is 15.0 Å². The number of rotatable bonds is 6. The molecule has 0 saturated carbocycles. The molecule has 0 saturated heterocycles. The van der Waals surface area contributed by atoms with Crippen molar-refractivity contribution in [1.29, 1.82) is 0 Å². The van der Waals surface area contributed by atoms with Crippen molar-refractivity contribution in [2.24, 2.45) is 0 Å². The van der Waals surface area contributed by atoms with Crippen molar-refractivity contribution in [3.05, 3.63) is 65.0 Å². The van der Waals surface area contributed by atoms with Gasteiger partial charge in [0.1, 0.15) is 18.1 Å². The number of amides is 1. The molecule has 0 N–H and O–H groups in total. The second-order valence-corrected chi connectivity index (χ2v) is 7.34. The Morgan fingerprint density at radius 3 is 2.68 bits per heavy atom. The second kappa shape index (κ2) is 8.22. The van der Waals surface area contributed by atoms with Gasteiger partial charge in [-0.25, -0.2) is 9.37 Å². The van der Waals surface area contributed by atoms with Crippen LogP contribution in [0.3, 0.4) is 0 Å². The Morgan fingerprint density at radius 1 is 1.19 bits per heavy atom. The highest BCUT2D eigenvalue weighted by Gasteiger charge is 2.23. The van der Waals surface area contributed by atoms with Gasteiger partial charge in [-0.3, -0.25) is 4.79 Å². The molecule has 0 radical (unpaired) electrons. The Kier molecular flexibility index (Phi) is 5.46. The SMILES string of the molecule is Cc1cc(-c2cc(C(=O)N(C)CCOc3ccccc3F)c3c(C)noc3n2)c(C)o1. The number of likely N-dealkylation sites (N-methyl/N-ethyl adjacent to an activating group) is 1. The summed E-state index contributed by atoms with van der Waals surface area (Å²) < 4.78 is 30.2. The molecule has 7 nitrogen and oxygen atoms in total. The lowest BCUT2D eigenvalue weighted by molar-refractivity contribution is 0.0774. The molecule has 160 valence electrons. The Labute approximate surface area is 178 Å². The smallest absolute Gasteiger partial charge is 0.259 e. The maximum Gasteiger partial charge on any atom is 0.259 e. The zero-order valence-corrected chi connectivity index (χ0v) is 17.7. The molecule has 0 fully saturated rings. The van der Waals surface area contributed by atoms with Crippen LogP contribution in [-0.4, -0.2) is 41.1 Å². The topological polar surface area (TPSA) is 81.6 Å². The predicted molar refractivity (Wildman–Crippen MR) is 113 cm³/mol. The summed E-state index contributed by atoms with van der Waals surface area (Å²) in [5.41, 5.74) is 2.64. The highest BCUT2D eigenvalue weighted by molar-refractivity contribution is 6.06. The molecule has 0 atom stereocenters. The first-order valence-electron chi connectivity index (χ1n) is 9.82. The van der Waals surface area contributed by atoms with Crippen LogP contribution in [0.4, 0.5) is 4.39 Å². The van der Waals surface area contributed by atoms with E-state index < -0.39 is 5.82 Å². The number of halogens is 1. The third kappa shape index (κ3) is 4.01. The normalized spacial score (nSPS) is 11.1. The monoisotopic (exact) mass is 423 g/mol. The maximum atomic E-state index is 13.7. The number of carbonyl (C=O) groups excluding carboxylic acids is 1. The van der Waals surface area contributed by atoms with Gasteiger partial charge in [0, 0.05) is 12.6 Å². The second-order valence-electron chi connectivity index (χ2n) is 7.34. The van der Waals surface area contributed by atoms with E-state index in [2.05, 4.69) is 10.1 Å². The number of ether oxygens (including phenoxy) is 1. The summed E-state index contributed by atoms with van der Waals surface area (Å²) in [4.78, 5) is 19.3. The van der Waals surface area contributed by atoms with E-state index in [9.17, 15) is 9.18 Å². The molecule has 31 heavy (non-hydrogen) atoms. The van der Waals surface area contributed by atoms with E-state index in [4.69, 9.17) is 13.7 Å². The summed E-state index contributed by atoms with van der Waals surface area (Å²) in [5, 5.41) is 4.54. The van der Waals surface area contributed by atoms with Gasteiger partial charge in [-0.1, -0.05) is 17.3 Å². The van der Waals surface area contributed by atoms with Gasteiger partial charge in [0.25, 0.3) is 11.6 Å². The number of furan rings is 1. The quantitative estimate of drug-likeness (QED) is 0.447. The van der Waals surface area contributed by atoms with Crippen molar-refractivity contribution in [3.63, 3.8) is 0 Å². The first-order valence-corrected chi connectivity index (χ1v) is 9.82. The number of nitrogens with zero attached hydrogens (tertiary/aromatic N) is 3. The number of para-hydroxylation sites is 1. The number of carbonyl (C=O) groups is 1. The molecule has 0 unspecified atom stereocenters. The third-order valence-electron chi connectivity index (χ3n) is 5.03. The molecule has 1 aromatic carbocycles. The summed E-state index contributed by atoms with van der Waals surface area (Å²) in [5.74, 6) is 0.916.